The SMILES string of the molecule is CCC(=O)[C@H](Cc1ccc(Br)cc1)[Si](C)(C)CCC(C)(C)C. The molecule has 0 amide bonds. The van der Waals surface area contributed by atoms with Gasteiger partial charge >= 0.3 is 0 Å². The second-order valence-electron chi connectivity index (χ2n) is 8.25. The molecule has 0 fully saturated rings. The molecule has 1 nitrogen and oxygen atoms in total. The molecule has 0 saturated carbocycles. The Kier molecular flexibility index (Phi) is 7.06. The summed E-state index contributed by atoms with van der Waals surface area (Å²) in [5.41, 5.74) is 1.87. The summed E-state index contributed by atoms with van der Waals surface area (Å²) in [6.07, 6.45) is 2.77. The molecule has 22 heavy (non-hydrogen) atoms. The van der Waals surface area contributed by atoms with Gasteiger partial charge in [-0.3, -0.25) is 4.79 Å². The van der Waals surface area contributed by atoms with Crippen LogP contribution in [0.5, 0.6) is 0 Å². The molecule has 0 aromatic heterocycles. The van der Waals surface area contributed by atoms with Crippen molar-refractivity contribution in [3.05, 3.63) is 34.3 Å². The Morgan fingerprint density at radius 2 is 1.73 bits per heavy atom. The predicted octanol–water partition coefficient (Wildman–Crippen LogP) is 6.49. The van der Waals surface area contributed by atoms with Crippen LogP contribution in [0.25, 0.3) is 0 Å². The van der Waals surface area contributed by atoms with Crippen LogP contribution < -0.4 is 0 Å². The average Bonchev–Trinajstić information content (AvgIpc) is 2.43. The minimum atomic E-state index is -1.58. The molecule has 0 unspecified atom stereocenters. The highest BCUT2D eigenvalue weighted by atomic mass is 79.9. The molecule has 0 N–H and O–H groups in total. The third-order valence-electron chi connectivity index (χ3n) is 4.55. The molecular weight excluding hydrogens is 352 g/mol. The van der Waals surface area contributed by atoms with Gasteiger partial charge in [0.2, 0.25) is 0 Å². The van der Waals surface area contributed by atoms with E-state index in [-0.39, 0.29) is 5.54 Å². The van der Waals surface area contributed by atoms with Crippen molar-refractivity contribution in [3.8, 4) is 0 Å². The van der Waals surface area contributed by atoms with Crippen LogP contribution in [-0.4, -0.2) is 13.9 Å². The maximum absolute atomic E-state index is 12.6. The quantitative estimate of drug-likeness (QED) is 0.492. The van der Waals surface area contributed by atoms with E-state index >= 15 is 0 Å². The van der Waals surface area contributed by atoms with Crippen molar-refractivity contribution < 1.29 is 4.79 Å². The van der Waals surface area contributed by atoms with Crippen molar-refractivity contribution in [1.29, 1.82) is 0 Å². The molecule has 0 radical (unpaired) electrons. The first-order valence-electron chi connectivity index (χ1n) is 8.32. The summed E-state index contributed by atoms with van der Waals surface area (Å²) in [7, 11) is -1.58. The van der Waals surface area contributed by atoms with Gasteiger partial charge in [0.15, 0.2) is 0 Å². The number of Topliss-reactive ketones (excluding diaryl/α,β-unsaturated/α-hetero) is 1. The summed E-state index contributed by atoms with van der Waals surface area (Å²) < 4.78 is 1.10. The Balaban J connectivity index is 2.91. The number of rotatable bonds is 7. The lowest BCUT2D eigenvalue weighted by molar-refractivity contribution is -0.118. The Bertz CT molecular complexity index is 485. The van der Waals surface area contributed by atoms with Gasteiger partial charge in [-0.05, 0) is 29.5 Å². The highest BCUT2D eigenvalue weighted by molar-refractivity contribution is 9.10. The van der Waals surface area contributed by atoms with Gasteiger partial charge in [-0.2, -0.15) is 0 Å². The Labute approximate surface area is 146 Å². The molecule has 0 spiro atoms. The number of benzene rings is 1. The van der Waals surface area contributed by atoms with E-state index in [0.717, 1.165) is 10.9 Å². The van der Waals surface area contributed by atoms with E-state index in [4.69, 9.17) is 0 Å². The van der Waals surface area contributed by atoms with Gasteiger partial charge in [0.05, 0.1) is 8.07 Å². The molecule has 3 heteroatoms. The fraction of sp³-hybridized carbons (Fsp3) is 0.632. The van der Waals surface area contributed by atoms with Gasteiger partial charge in [0.1, 0.15) is 5.78 Å². The molecule has 0 bridgehead atoms. The molecule has 0 aliphatic heterocycles. The lowest BCUT2D eigenvalue weighted by Crippen LogP contribution is -2.39. The molecule has 0 saturated heterocycles. The van der Waals surface area contributed by atoms with Crippen molar-refractivity contribution in [2.24, 2.45) is 5.41 Å². The largest absolute Gasteiger partial charge is 0.300 e. The lowest BCUT2D eigenvalue weighted by Gasteiger charge is -2.34. The fourth-order valence-corrected chi connectivity index (χ4v) is 6.67. The normalized spacial score (nSPS) is 14.0. The smallest absolute Gasteiger partial charge is 0.133 e. The Morgan fingerprint density at radius 3 is 2.18 bits per heavy atom. The van der Waals surface area contributed by atoms with E-state index in [1.807, 2.05) is 6.92 Å². The van der Waals surface area contributed by atoms with Crippen LogP contribution in [0.1, 0.15) is 46.1 Å². The Morgan fingerprint density at radius 1 is 1.18 bits per heavy atom. The third-order valence-corrected chi connectivity index (χ3v) is 9.03. The van der Waals surface area contributed by atoms with Crippen LogP contribution in [0.4, 0.5) is 0 Å². The molecule has 0 heterocycles. The van der Waals surface area contributed by atoms with Crippen LogP contribution in [0, 0.1) is 5.41 Å². The standard InChI is InChI=1S/C19H31BrOSi/c1-7-17(21)18(14-15-8-10-16(20)11-9-15)22(5,6)13-12-19(2,3)4/h8-11,18H,7,12-14H2,1-6H3/t18-/m0/s1. The summed E-state index contributed by atoms with van der Waals surface area (Å²) in [6.45, 7) is 13.7. The molecule has 1 aromatic rings. The number of hydrogen-bond donors (Lipinski definition) is 0. The lowest BCUT2D eigenvalue weighted by atomic mass is 9.94. The minimum absolute atomic E-state index is 0.237. The maximum Gasteiger partial charge on any atom is 0.133 e. The molecule has 1 aromatic carbocycles. The zero-order valence-electron chi connectivity index (χ0n) is 15.0. The van der Waals surface area contributed by atoms with Crippen LogP contribution in [0.15, 0.2) is 28.7 Å². The van der Waals surface area contributed by atoms with E-state index < -0.39 is 8.07 Å². The molecule has 1 atom stereocenters. The molecule has 1 rings (SSSR count). The Hall–Kier alpha value is -0.413. The highest BCUT2D eigenvalue weighted by Crippen LogP contribution is 2.36. The van der Waals surface area contributed by atoms with Crippen molar-refractivity contribution >= 4 is 29.8 Å². The van der Waals surface area contributed by atoms with Crippen molar-refractivity contribution in [2.75, 3.05) is 0 Å². The number of halogens is 1. The topological polar surface area (TPSA) is 17.1 Å². The van der Waals surface area contributed by atoms with Crippen LogP contribution in [0.2, 0.25) is 24.7 Å². The zero-order chi connectivity index (χ0) is 17.0. The molecular formula is C19H31BrOSi. The van der Waals surface area contributed by atoms with E-state index in [1.54, 1.807) is 0 Å². The number of hydrogen-bond acceptors (Lipinski definition) is 1. The molecule has 124 valence electrons. The van der Waals surface area contributed by atoms with Crippen molar-refractivity contribution in [3.63, 3.8) is 0 Å². The van der Waals surface area contributed by atoms with Crippen LogP contribution in [-0.2, 0) is 11.2 Å². The zero-order valence-corrected chi connectivity index (χ0v) is 17.6. The van der Waals surface area contributed by atoms with Gasteiger partial charge in [0, 0.05) is 16.4 Å². The van der Waals surface area contributed by atoms with Crippen LogP contribution >= 0.6 is 15.9 Å². The summed E-state index contributed by atoms with van der Waals surface area (Å²) in [5.74, 6) is 0.452. The second-order valence-corrected chi connectivity index (χ2v) is 14.3. The number of carbonyl (C=O) groups excluding carboxylic acids is 1. The van der Waals surface area contributed by atoms with E-state index in [9.17, 15) is 4.79 Å². The monoisotopic (exact) mass is 382 g/mol. The van der Waals surface area contributed by atoms with E-state index in [0.29, 0.717) is 17.6 Å². The first kappa shape index (κ1) is 19.6. The van der Waals surface area contributed by atoms with Crippen molar-refractivity contribution in [2.45, 2.75) is 71.6 Å². The van der Waals surface area contributed by atoms with Gasteiger partial charge < -0.3 is 0 Å². The summed E-state index contributed by atoms with van der Waals surface area (Å²) in [5, 5.41) is 0. The van der Waals surface area contributed by atoms with Gasteiger partial charge in [-0.25, -0.2) is 0 Å². The highest BCUT2D eigenvalue weighted by Gasteiger charge is 2.36. The fourth-order valence-electron chi connectivity index (χ4n) is 2.80. The van der Waals surface area contributed by atoms with Crippen molar-refractivity contribution in [1.82, 2.24) is 0 Å². The number of carbonyl (C=O) groups is 1. The van der Waals surface area contributed by atoms with E-state index in [2.05, 4.69) is 74.1 Å². The van der Waals surface area contributed by atoms with Crippen LogP contribution in [0.3, 0.4) is 0 Å². The summed E-state index contributed by atoms with van der Waals surface area (Å²) >= 11 is 3.48. The third kappa shape index (κ3) is 6.37. The first-order valence-corrected chi connectivity index (χ1v) is 12.4. The van der Waals surface area contributed by atoms with Gasteiger partial charge in [-0.1, -0.05) is 81.3 Å². The summed E-state index contributed by atoms with van der Waals surface area (Å²) in [6, 6.07) is 9.67. The van der Waals surface area contributed by atoms with Gasteiger partial charge in [-0.15, -0.1) is 0 Å². The molecule has 0 aliphatic carbocycles. The average molecular weight is 383 g/mol. The first-order chi connectivity index (χ1) is 10.0. The predicted molar refractivity (Wildman–Crippen MR) is 103 cm³/mol. The maximum atomic E-state index is 12.6. The second kappa shape index (κ2) is 7.92. The van der Waals surface area contributed by atoms with Gasteiger partial charge in [0.25, 0.3) is 0 Å². The molecule has 0 aliphatic rings. The minimum Gasteiger partial charge on any atom is -0.300 e. The summed E-state index contributed by atoms with van der Waals surface area (Å²) in [4.78, 5) is 12.6. The number of ketones is 1. The van der Waals surface area contributed by atoms with E-state index in [1.165, 1.54) is 18.0 Å².